The van der Waals surface area contributed by atoms with Gasteiger partial charge >= 0.3 is 0 Å². The van der Waals surface area contributed by atoms with Crippen LogP contribution >= 0.6 is 11.8 Å². The Morgan fingerprint density at radius 2 is 2.00 bits per heavy atom. The largest absolute Gasteiger partial charge is 0.497 e. The molecule has 2 nitrogen and oxygen atoms in total. The molecule has 0 heterocycles. The minimum Gasteiger partial charge on any atom is -0.497 e. The molecule has 0 bridgehead atoms. The molecule has 0 spiro atoms. The predicted molar refractivity (Wildman–Crippen MR) is 76.0 cm³/mol. The molecule has 1 N–H and O–H groups in total. The third kappa shape index (κ3) is 5.80. The third-order valence-corrected chi connectivity index (χ3v) is 3.42. The van der Waals surface area contributed by atoms with Gasteiger partial charge in [0.05, 0.1) is 7.11 Å². The lowest BCUT2D eigenvalue weighted by molar-refractivity contribution is 0.414. The molecule has 0 amide bonds. The topological polar surface area (TPSA) is 21.3 Å². The van der Waals surface area contributed by atoms with Crippen LogP contribution in [-0.4, -0.2) is 25.4 Å². The van der Waals surface area contributed by atoms with Gasteiger partial charge in [-0.2, -0.15) is 0 Å². The summed E-state index contributed by atoms with van der Waals surface area (Å²) < 4.78 is 5.12. The first kappa shape index (κ1) is 14.1. The summed E-state index contributed by atoms with van der Waals surface area (Å²) in [6.07, 6.45) is 0. The molecule has 0 aliphatic rings. The van der Waals surface area contributed by atoms with E-state index in [1.165, 1.54) is 10.5 Å². The van der Waals surface area contributed by atoms with E-state index in [2.05, 4.69) is 37.9 Å². The second kappa shape index (κ2) is 7.41. The average Bonchev–Trinajstić information content (AvgIpc) is 2.34. The van der Waals surface area contributed by atoms with Crippen LogP contribution in [0.4, 0.5) is 0 Å². The van der Waals surface area contributed by atoms with Crippen LogP contribution < -0.4 is 10.1 Å². The Labute approximate surface area is 108 Å². The Balaban J connectivity index is 2.31. The molecule has 0 radical (unpaired) electrons. The van der Waals surface area contributed by atoms with Crippen LogP contribution in [0.2, 0.25) is 0 Å². The second-order valence-corrected chi connectivity index (χ2v) is 5.30. The lowest BCUT2D eigenvalue weighted by Gasteiger charge is -2.10. The van der Waals surface area contributed by atoms with E-state index < -0.39 is 0 Å². The van der Waals surface area contributed by atoms with Crippen molar-refractivity contribution in [3.05, 3.63) is 36.4 Å². The van der Waals surface area contributed by atoms with Gasteiger partial charge in [-0.3, -0.25) is 0 Å². The number of thioether (sulfide) groups is 1. The number of hydrogen-bond donors (Lipinski definition) is 1. The number of nitrogens with one attached hydrogen (secondary N) is 1. The zero-order valence-corrected chi connectivity index (χ0v) is 11.6. The van der Waals surface area contributed by atoms with Crippen molar-refractivity contribution >= 4 is 11.8 Å². The van der Waals surface area contributed by atoms with E-state index >= 15 is 0 Å². The van der Waals surface area contributed by atoms with Crippen molar-refractivity contribution in [3.63, 3.8) is 0 Å². The van der Waals surface area contributed by atoms with Gasteiger partial charge in [-0.25, -0.2) is 0 Å². The molecule has 0 fully saturated rings. The monoisotopic (exact) mass is 251 g/mol. The molecule has 1 rings (SSSR count). The summed E-state index contributed by atoms with van der Waals surface area (Å²) in [4.78, 5) is 1.25. The maximum absolute atomic E-state index is 5.12. The minimum atomic E-state index is 0.512. The van der Waals surface area contributed by atoms with Gasteiger partial charge in [-0.1, -0.05) is 26.0 Å². The number of methoxy groups -OCH3 is 1. The molecule has 0 atom stereocenters. The molecule has 0 aliphatic carbocycles. The van der Waals surface area contributed by atoms with E-state index in [0.717, 1.165) is 18.0 Å². The number of ether oxygens (including phenoxy) is 1. The van der Waals surface area contributed by atoms with Crippen LogP contribution in [0, 0.1) is 0 Å². The molecule has 0 unspecified atom stereocenters. The number of hydrogen-bond acceptors (Lipinski definition) is 3. The van der Waals surface area contributed by atoms with Crippen molar-refractivity contribution in [1.82, 2.24) is 5.32 Å². The van der Waals surface area contributed by atoms with Gasteiger partial charge < -0.3 is 10.1 Å². The normalized spacial score (nSPS) is 10.6. The number of benzene rings is 1. The van der Waals surface area contributed by atoms with Crippen molar-refractivity contribution in [2.24, 2.45) is 0 Å². The Bertz CT molecular complexity index is 346. The van der Waals surface area contributed by atoms with E-state index in [0.29, 0.717) is 6.04 Å². The van der Waals surface area contributed by atoms with Gasteiger partial charge in [0.25, 0.3) is 0 Å². The van der Waals surface area contributed by atoms with Crippen molar-refractivity contribution in [2.75, 3.05) is 19.4 Å². The average molecular weight is 251 g/mol. The third-order valence-electron chi connectivity index (χ3n) is 2.26. The van der Waals surface area contributed by atoms with Gasteiger partial charge in [-0.15, -0.1) is 11.8 Å². The van der Waals surface area contributed by atoms with E-state index in [1.807, 2.05) is 12.1 Å². The first-order chi connectivity index (χ1) is 8.11. The highest BCUT2D eigenvalue weighted by atomic mass is 32.2. The quantitative estimate of drug-likeness (QED) is 0.593. The summed E-state index contributed by atoms with van der Waals surface area (Å²) in [5.41, 5.74) is 1.22. The molecule has 0 saturated carbocycles. The van der Waals surface area contributed by atoms with Gasteiger partial charge in [0.2, 0.25) is 0 Å². The SMILES string of the molecule is C=C(CNC(C)C)CSc1ccc(OC)cc1. The maximum Gasteiger partial charge on any atom is 0.118 e. The zero-order valence-electron chi connectivity index (χ0n) is 10.8. The summed E-state index contributed by atoms with van der Waals surface area (Å²) >= 11 is 1.80. The van der Waals surface area contributed by atoms with Crippen LogP contribution in [0.5, 0.6) is 5.75 Å². The summed E-state index contributed by atoms with van der Waals surface area (Å²) in [6, 6.07) is 8.63. The zero-order chi connectivity index (χ0) is 12.7. The van der Waals surface area contributed by atoms with E-state index in [4.69, 9.17) is 4.74 Å². The fourth-order valence-corrected chi connectivity index (χ4v) is 2.06. The van der Waals surface area contributed by atoms with E-state index in [1.54, 1.807) is 18.9 Å². The molecule has 1 aromatic rings. The van der Waals surface area contributed by atoms with E-state index in [9.17, 15) is 0 Å². The van der Waals surface area contributed by atoms with Gasteiger partial charge in [-0.05, 0) is 24.3 Å². The van der Waals surface area contributed by atoms with Crippen molar-refractivity contribution < 1.29 is 4.74 Å². The van der Waals surface area contributed by atoms with Gasteiger partial charge in [0, 0.05) is 23.2 Å². The fraction of sp³-hybridized carbons (Fsp3) is 0.429. The standard InChI is InChI=1S/C14H21NOS/c1-11(2)15-9-12(3)10-17-14-7-5-13(16-4)6-8-14/h5-8,11,15H,3,9-10H2,1-2,4H3. The molecule has 17 heavy (non-hydrogen) atoms. The van der Waals surface area contributed by atoms with Crippen LogP contribution in [0.15, 0.2) is 41.3 Å². The Hall–Kier alpha value is -0.930. The van der Waals surface area contributed by atoms with Crippen molar-refractivity contribution in [3.8, 4) is 5.75 Å². The predicted octanol–water partition coefficient (Wildman–Crippen LogP) is 3.34. The van der Waals surface area contributed by atoms with Crippen molar-refractivity contribution in [1.29, 1.82) is 0 Å². The van der Waals surface area contributed by atoms with Gasteiger partial charge in [0.15, 0.2) is 0 Å². The molecule has 0 saturated heterocycles. The van der Waals surface area contributed by atoms with Crippen LogP contribution in [-0.2, 0) is 0 Å². The second-order valence-electron chi connectivity index (χ2n) is 4.25. The lowest BCUT2D eigenvalue weighted by Crippen LogP contribution is -2.25. The van der Waals surface area contributed by atoms with Crippen LogP contribution in [0.25, 0.3) is 0 Å². The van der Waals surface area contributed by atoms with Gasteiger partial charge in [0.1, 0.15) is 5.75 Å². The smallest absolute Gasteiger partial charge is 0.118 e. The summed E-state index contributed by atoms with van der Waals surface area (Å²) in [7, 11) is 1.68. The van der Waals surface area contributed by atoms with Crippen molar-refractivity contribution in [2.45, 2.75) is 24.8 Å². The summed E-state index contributed by atoms with van der Waals surface area (Å²) in [5, 5.41) is 3.37. The Kier molecular flexibility index (Phi) is 6.16. The summed E-state index contributed by atoms with van der Waals surface area (Å²) in [5.74, 6) is 1.85. The molecule has 3 heteroatoms. The first-order valence-electron chi connectivity index (χ1n) is 5.78. The molecule has 0 aromatic heterocycles. The molecule has 94 valence electrons. The molecule has 0 aliphatic heterocycles. The van der Waals surface area contributed by atoms with Crippen LogP contribution in [0.1, 0.15) is 13.8 Å². The molecular weight excluding hydrogens is 230 g/mol. The summed E-state index contributed by atoms with van der Waals surface area (Å²) in [6.45, 7) is 9.24. The lowest BCUT2D eigenvalue weighted by atomic mass is 10.3. The molecule has 1 aromatic carbocycles. The Morgan fingerprint density at radius 3 is 2.53 bits per heavy atom. The van der Waals surface area contributed by atoms with E-state index in [-0.39, 0.29) is 0 Å². The highest BCUT2D eigenvalue weighted by Crippen LogP contribution is 2.22. The molecular formula is C14H21NOS. The van der Waals surface area contributed by atoms with Crippen LogP contribution in [0.3, 0.4) is 0 Å². The minimum absolute atomic E-state index is 0.512. The fourth-order valence-electron chi connectivity index (χ4n) is 1.26. The highest BCUT2D eigenvalue weighted by molar-refractivity contribution is 7.99. The first-order valence-corrected chi connectivity index (χ1v) is 6.77. The Morgan fingerprint density at radius 1 is 1.35 bits per heavy atom. The number of rotatable bonds is 7. The highest BCUT2D eigenvalue weighted by Gasteiger charge is 1.99. The maximum atomic E-state index is 5.12.